The normalized spacial score (nSPS) is 16.7. The number of aldehydes is 1. The minimum atomic E-state index is -1.33. The van der Waals surface area contributed by atoms with Crippen molar-refractivity contribution >= 4 is 30.0 Å². The topological polar surface area (TPSA) is 39.2 Å². The fourth-order valence-corrected chi connectivity index (χ4v) is 3.22. The van der Waals surface area contributed by atoms with Crippen molar-refractivity contribution in [2.24, 2.45) is 0 Å². The molecular weight excluding hydrogens is 245 g/mol. The molecule has 0 aliphatic heterocycles. The lowest BCUT2D eigenvalue weighted by atomic mass is 10.0. The molecule has 0 saturated carbocycles. The molecule has 1 heterocycles. The Balaban J connectivity index is 3.13. The molecular formula is C13H20BNO2S. The molecule has 1 aromatic rings. The van der Waals surface area contributed by atoms with E-state index >= 15 is 0 Å². The highest BCUT2D eigenvalue weighted by molar-refractivity contribution is 8.30. The van der Waals surface area contributed by atoms with Crippen molar-refractivity contribution in [1.82, 2.24) is 4.98 Å². The smallest absolute Gasteiger partial charge is 0.172 e. The summed E-state index contributed by atoms with van der Waals surface area (Å²) in [7, 11) is 4.24. The van der Waals surface area contributed by atoms with Crippen LogP contribution in [0.1, 0.15) is 38.2 Å². The van der Waals surface area contributed by atoms with Crippen LogP contribution < -0.4 is 9.78 Å². The summed E-state index contributed by atoms with van der Waals surface area (Å²) in [5.41, 5.74) is 0.597. The van der Waals surface area contributed by atoms with Crippen LogP contribution >= 0.6 is 10.3 Å². The average Bonchev–Trinajstić information content (AvgIpc) is 2.29. The summed E-state index contributed by atoms with van der Waals surface area (Å²) in [6.45, 7) is 8.55. The number of hydrogen-bond acceptors (Lipinski definition) is 3. The SMILES string of the molecule is [B]c1ccc(OS(C)(CC)C(C)(C)C)c(C=O)n1. The van der Waals surface area contributed by atoms with E-state index in [1.165, 1.54) is 0 Å². The predicted molar refractivity (Wildman–Crippen MR) is 79.4 cm³/mol. The molecule has 5 heteroatoms. The molecule has 18 heavy (non-hydrogen) atoms. The molecule has 1 atom stereocenters. The van der Waals surface area contributed by atoms with Gasteiger partial charge in [-0.15, -0.1) is 0 Å². The molecule has 0 saturated heterocycles. The highest BCUT2D eigenvalue weighted by atomic mass is 32.3. The molecule has 0 aromatic carbocycles. The molecule has 0 amide bonds. The van der Waals surface area contributed by atoms with Crippen LogP contribution in [-0.4, -0.2) is 35.9 Å². The molecule has 1 unspecified atom stereocenters. The van der Waals surface area contributed by atoms with Gasteiger partial charge in [0.1, 0.15) is 13.5 Å². The van der Waals surface area contributed by atoms with Crippen molar-refractivity contribution in [1.29, 1.82) is 0 Å². The lowest BCUT2D eigenvalue weighted by Gasteiger charge is -2.46. The zero-order valence-corrected chi connectivity index (χ0v) is 12.5. The van der Waals surface area contributed by atoms with Gasteiger partial charge in [-0.05, 0) is 44.8 Å². The second-order valence-electron chi connectivity index (χ2n) is 5.23. The number of carbonyl (C=O) groups excluding carboxylic acids is 1. The van der Waals surface area contributed by atoms with Crippen LogP contribution in [0.15, 0.2) is 12.1 Å². The van der Waals surface area contributed by atoms with Gasteiger partial charge in [-0.1, -0.05) is 17.2 Å². The molecule has 0 N–H and O–H groups in total. The van der Waals surface area contributed by atoms with E-state index in [1.807, 2.05) is 0 Å². The quantitative estimate of drug-likeness (QED) is 0.619. The van der Waals surface area contributed by atoms with Crippen LogP contribution in [0.25, 0.3) is 0 Å². The average molecular weight is 265 g/mol. The Hall–Kier alpha value is -0.965. The summed E-state index contributed by atoms with van der Waals surface area (Å²) in [6.07, 6.45) is 2.81. The summed E-state index contributed by atoms with van der Waals surface area (Å²) >= 11 is 0. The van der Waals surface area contributed by atoms with E-state index in [0.717, 1.165) is 5.75 Å². The van der Waals surface area contributed by atoms with Crippen LogP contribution in [0.2, 0.25) is 0 Å². The Bertz CT molecular complexity index is 445. The number of rotatable bonds is 4. The third-order valence-corrected chi connectivity index (χ3v) is 7.38. The number of hydrogen-bond donors (Lipinski definition) is 0. The minimum absolute atomic E-state index is 0.0310. The van der Waals surface area contributed by atoms with Crippen LogP contribution in [0, 0.1) is 0 Å². The van der Waals surface area contributed by atoms with Gasteiger partial charge in [0, 0.05) is 10.5 Å². The summed E-state index contributed by atoms with van der Waals surface area (Å²) < 4.78 is 6.16. The highest BCUT2D eigenvalue weighted by Gasteiger charge is 2.33. The summed E-state index contributed by atoms with van der Waals surface area (Å²) in [6, 6.07) is 3.37. The van der Waals surface area contributed by atoms with Gasteiger partial charge in [-0.25, -0.2) is 0 Å². The van der Waals surface area contributed by atoms with Gasteiger partial charge >= 0.3 is 0 Å². The number of aromatic nitrogens is 1. The van der Waals surface area contributed by atoms with Gasteiger partial charge in [-0.3, -0.25) is 9.78 Å². The number of nitrogens with zero attached hydrogens (tertiary/aromatic N) is 1. The van der Waals surface area contributed by atoms with Crippen molar-refractivity contribution in [3.63, 3.8) is 0 Å². The van der Waals surface area contributed by atoms with Crippen LogP contribution in [0.5, 0.6) is 5.75 Å². The lowest BCUT2D eigenvalue weighted by Crippen LogP contribution is -2.30. The molecule has 0 aliphatic rings. The number of pyridine rings is 1. The van der Waals surface area contributed by atoms with E-state index in [4.69, 9.17) is 12.0 Å². The Morgan fingerprint density at radius 3 is 2.50 bits per heavy atom. The molecule has 0 fully saturated rings. The maximum atomic E-state index is 11.0. The highest BCUT2D eigenvalue weighted by Crippen LogP contribution is 2.56. The van der Waals surface area contributed by atoms with E-state index < -0.39 is 10.3 Å². The van der Waals surface area contributed by atoms with Crippen molar-refractivity contribution < 1.29 is 8.98 Å². The summed E-state index contributed by atoms with van der Waals surface area (Å²) in [5.74, 6) is 1.44. The third kappa shape index (κ3) is 3.07. The van der Waals surface area contributed by atoms with Crippen molar-refractivity contribution in [2.75, 3.05) is 12.0 Å². The molecule has 98 valence electrons. The van der Waals surface area contributed by atoms with E-state index in [0.29, 0.717) is 17.6 Å². The van der Waals surface area contributed by atoms with E-state index in [-0.39, 0.29) is 10.4 Å². The van der Waals surface area contributed by atoms with Gasteiger partial charge in [0.05, 0.1) is 0 Å². The Morgan fingerprint density at radius 1 is 1.44 bits per heavy atom. The van der Waals surface area contributed by atoms with Gasteiger partial charge in [0.2, 0.25) is 0 Å². The largest absolute Gasteiger partial charge is 0.446 e. The minimum Gasteiger partial charge on any atom is -0.446 e. The molecule has 2 radical (unpaired) electrons. The summed E-state index contributed by atoms with van der Waals surface area (Å²) in [5, 5.41) is 0. The van der Waals surface area contributed by atoms with Crippen molar-refractivity contribution in [3.8, 4) is 5.75 Å². The van der Waals surface area contributed by atoms with E-state index in [1.54, 1.807) is 12.1 Å². The lowest BCUT2D eigenvalue weighted by molar-refractivity contribution is 0.111. The van der Waals surface area contributed by atoms with E-state index in [2.05, 4.69) is 38.9 Å². The zero-order valence-electron chi connectivity index (χ0n) is 11.7. The predicted octanol–water partition coefficient (Wildman–Crippen LogP) is 2.23. The van der Waals surface area contributed by atoms with Gasteiger partial charge < -0.3 is 4.18 Å². The second-order valence-corrected chi connectivity index (χ2v) is 9.21. The van der Waals surface area contributed by atoms with Crippen molar-refractivity contribution in [2.45, 2.75) is 32.4 Å². The molecule has 1 rings (SSSR count). The molecule has 0 spiro atoms. The third-order valence-electron chi connectivity index (χ3n) is 3.14. The first-order chi connectivity index (χ1) is 8.23. The molecule has 0 bridgehead atoms. The maximum absolute atomic E-state index is 11.0. The van der Waals surface area contributed by atoms with Crippen molar-refractivity contribution in [3.05, 3.63) is 17.8 Å². The van der Waals surface area contributed by atoms with Gasteiger partial charge in [0.25, 0.3) is 0 Å². The fraction of sp³-hybridized carbons (Fsp3) is 0.538. The van der Waals surface area contributed by atoms with Crippen LogP contribution in [0.4, 0.5) is 0 Å². The first-order valence-electron chi connectivity index (χ1n) is 5.90. The van der Waals surface area contributed by atoms with Gasteiger partial charge in [0.15, 0.2) is 12.0 Å². The molecule has 0 aliphatic carbocycles. The summed E-state index contributed by atoms with van der Waals surface area (Å²) in [4.78, 5) is 15.0. The first-order valence-corrected chi connectivity index (χ1v) is 8.04. The van der Waals surface area contributed by atoms with Crippen LogP contribution in [0.3, 0.4) is 0 Å². The monoisotopic (exact) mass is 265 g/mol. The standard InChI is InChI=1S/C13H20BNO2S/c1-6-18(5,13(2,3)4)17-11-7-8-12(14)15-10(11)9-16/h7-9H,6H2,1-5H3. The Morgan fingerprint density at radius 2 is 2.06 bits per heavy atom. The first kappa shape index (κ1) is 15.1. The van der Waals surface area contributed by atoms with E-state index in [9.17, 15) is 4.79 Å². The zero-order chi connectivity index (χ0) is 14.0. The van der Waals surface area contributed by atoms with Gasteiger partial charge in [-0.2, -0.15) is 0 Å². The second kappa shape index (κ2) is 5.35. The molecule has 1 aromatic heterocycles. The Labute approximate surface area is 112 Å². The maximum Gasteiger partial charge on any atom is 0.172 e. The molecule has 3 nitrogen and oxygen atoms in total. The number of carbonyl (C=O) groups is 1. The van der Waals surface area contributed by atoms with Crippen LogP contribution in [-0.2, 0) is 0 Å². The Kier molecular flexibility index (Phi) is 4.48. The fourth-order valence-electron chi connectivity index (χ4n) is 1.45.